The number of carboxylic acid groups (broad SMARTS) is 2. The molecule has 0 aromatic heterocycles. The first-order valence-electron chi connectivity index (χ1n) is 8.27. The van der Waals surface area contributed by atoms with Gasteiger partial charge in [0.05, 0.1) is 0 Å². The Morgan fingerprint density at radius 3 is 1.75 bits per heavy atom. The van der Waals surface area contributed by atoms with Crippen molar-refractivity contribution < 1.29 is 30.0 Å². The van der Waals surface area contributed by atoms with Gasteiger partial charge in [0.1, 0.15) is 22.6 Å². The molecule has 4 aromatic rings. The smallest absolute Gasteiger partial charge is 0.339 e. The molecule has 0 unspecified atom stereocenters. The van der Waals surface area contributed by atoms with Gasteiger partial charge in [-0.3, -0.25) is 0 Å². The van der Waals surface area contributed by atoms with Gasteiger partial charge in [0, 0.05) is 5.39 Å². The molecule has 6 heteroatoms. The monoisotopic (exact) mass is 376 g/mol. The summed E-state index contributed by atoms with van der Waals surface area (Å²) >= 11 is 0. The number of carbonyl (C=O) groups is 2. The van der Waals surface area contributed by atoms with Crippen molar-refractivity contribution >= 4 is 33.5 Å². The number of hydrogen-bond donors (Lipinski definition) is 4. The van der Waals surface area contributed by atoms with E-state index in [9.17, 15) is 19.8 Å². The largest absolute Gasteiger partial charge is 0.507 e. The van der Waals surface area contributed by atoms with Crippen LogP contribution in [0.15, 0.2) is 72.8 Å². The zero-order valence-corrected chi connectivity index (χ0v) is 14.5. The highest BCUT2D eigenvalue weighted by atomic mass is 16.4. The highest BCUT2D eigenvalue weighted by molar-refractivity contribution is 6.00. The van der Waals surface area contributed by atoms with Gasteiger partial charge in [-0.1, -0.05) is 54.6 Å². The number of rotatable bonds is 2. The topological polar surface area (TPSA) is 115 Å². The van der Waals surface area contributed by atoms with Crippen molar-refractivity contribution in [3.05, 3.63) is 83.9 Å². The lowest BCUT2D eigenvalue weighted by Gasteiger charge is -2.03. The molecular weight excluding hydrogens is 360 g/mol. The second-order valence-corrected chi connectivity index (χ2v) is 6.01. The highest BCUT2D eigenvalue weighted by Gasteiger charge is 2.11. The van der Waals surface area contributed by atoms with E-state index in [4.69, 9.17) is 10.2 Å². The third-order valence-corrected chi connectivity index (χ3v) is 4.23. The molecule has 0 amide bonds. The number of hydrogen-bond acceptors (Lipinski definition) is 4. The van der Waals surface area contributed by atoms with Crippen molar-refractivity contribution in [3.8, 4) is 11.5 Å². The van der Waals surface area contributed by atoms with Gasteiger partial charge in [-0.15, -0.1) is 0 Å². The van der Waals surface area contributed by atoms with Crippen LogP contribution in [0.4, 0.5) is 0 Å². The van der Waals surface area contributed by atoms with Crippen LogP contribution < -0.4 is 0 Å². The molecule has 0 aliphatic carbocycles. The molecule has 0 fully saturated rings. The zero-order valence-electron chi connectivity index (χ0n) is 14.5. The summed E-state index contributed by atoms with van der Waals surface area (Å²) in [5.41, 5.74) is -0.132. The quantitative estimate of drug-likeness (QED) is 0.410. The molecule has 0 aliphatic rings. The summed E-state index contributed by atoms with van der Waals surface area (Å²) in [5, 5.41) is 39.6. The molecule has 6 nitrogen and oxygen atoms in total. The van der Waals surface area contributed by atoms with E-state index in [1.54, 1.807) is 24.3 Å². The predicted molar refractivity (Wildman–Crippen MR) is 105 cm³/mol. The molecule has 140 valence electrons. The average molecular weight is 376 g/mol. The van der Waals surface area contributed by atoms with Gasteiger partial charge < -0.3 is 20.4 Å². The second-order valence-electron chi connectivity index (χ2n) is 6.01. The van der Waals surface area contributed by atoms with Crippen molar-refractivity contribution in [3.63, 3.8) is 0 Å². The summed E-state index contributed by atoms with van der Waals surface area (Å²) in [4.78, 5) is 21.4. The molecule has 0 atom stereocenters. The van der Waals surface area contributed by atoms with E-state index in [2.05, 4.69) is 0 Å². The number of aromatic hydroxyl groups is 2. The second kappa shape index (κ2) is 7.67. The average Bonchev–Trinajstić information content (AvgIpc) is 2.68. The first kappa shape index (κ1) is 18.7. The lowest BCUT2D eigenvalue weighted by Crippen LogP contribution is -1.96. The Hall–Kier alpha value is -4.06. The first-order chi connectivity index (χ1) is 13.4. The maximum atomic E-state index is 10.7. The molecule has 0 radical (unpaired) electrons. The molecule has 28 heavy (non-hydrogen) atoms. The Bertz CT molecular complexity index is 1180. The van der Waals surface area contributed by atoms with Gasteiger partial charge in [0.15, 0.2) is 0 Å². The van der Waals surface area contributed by atoms with Crippen molar-refractivity contribution in [2.45, 2.75) is 0 Å². The third-order valence-electron chi connectivity index (χ3n) is 4.23. The van der Waals surface area contributed by atoms with Crippen molar-refractivity contribution in [2.24, 2.45) is 0 Å². The summed E-state index contributed by atoms with van der Waals surface area (Å²) in [6.45, 7) is 0. The fraction of sp³-hybridized carbons (Fsp3) is 0. The molecule has 0 aliphatic heterocycles. The van der Waals surface area contributed by atoms with Crippen molar-refractivity contribution in [1.29, 1.82) is 0 Å². The van der Waals surface area contributed by atoms with E-state index >= 15 is 0 Å². The Morgan fingerprint density at radius 1 is 0.607 bits per heavy atom. The van der Waals surface area contributed by atoms with Crippen LogP contribution in [0.25, 0.3) is 21.5 Å². The van der Waals surface area contributed by atoms with Crippen LogP contribution in [-0.4, -0.2) is 32.4 Å². The van der Waals surface area contributed by atoms with Crippen LogP contribution in [0.5, 0.6) is 11.5 Å². The van der Waals surface area contributed by atoms with Gasteiger partial charge >= 0.3 is 11.9 Å². The number of phenols is 2. The number of fused-ring (bicyclic) bond motifs is 2. The van der Waals surface area contributed by atoms with Gasteiger partial charge in [0.25, 0.3) is 0 Å². The van der Waals surface area contributed by atoms with Crippen LogP contribution in [0.1, 0.15) is 20.7 Å². The van der Waals surface area contributed by atoms with E-state index in [-0.39, 0.29) is 22.6 Å². The first-order valence-corrected chi connectivity index (χ1v) is 8.27. The minimum atomic E-state index is -1.12. The van der Waals surface area contributed by atoms with Crippen LogP contribution in [0.2, 0.25) is 0 Å². The van der Waals surface area contributed by atoms with Crippen LogP contribution in [-0.2, 0) is 0 Å². The maximum Gasteiger partial charge on any atom is 0.339 e. The number of benzene rings is 4. The fourth-order valence-corrected chi connectivity index (χ4v) is 2.83. The number of carboxylic acids is 2. The Morgan fingerprint density at radius 2 is 1.14 bits per heavy atom. The maximum absolute atomic E-state index is 10.7. The summed E-state index contributed by atoms with van der Waals surface area (Å²) in [6.07, 6.45) is 0. The minimum absolute atomic E-state index is 0.0660. The Labute approximate surface area is 159 Å². The van der Waals surface area contributed by atoms with Crippen molar-refractivity contribution in [1.82, 2.24) is 0 Å². The Kier molecular flexibility index (Phi) is 5.13. The van der Waals surface area contributed by atoms with Crippen LogP contribution in [0, 0.1) is 0 Å². The van der Waals surface area contributed by atoms with E-state index < -0.39 is 11.9 Å². The van der Waals surface area contributed by atoms with Gasteiger partial charge in [-0.2, -0.15) is 0 Å². The SMILES string of the molecule is O=C(O)c1cc2ccccc2cc1O.O=C(O)c1ccc2ccccc2c1O. The molecule has 0 saturated heterocycles. The van der Waals surface area contributed by atoms with Gasteiger partial charge in [-0.25, -0.2) is 9.59 Å². The van der Waals surface area contributed by atoms with Crippen LogP contribution >= 0.6 is 0 Å². The molecule has 0 saturated carbocycles. The van der Waals surface area contributed by atoms with Gasteiger partial charge in [-0.05, 0) is 34.4 Å². The molecule has 0 spiro atoms. The molecule has 4 aromatic carbocycles. The lowest BCUT2D eigenvalue weighted by atomic mass is 10.1. The van der Waals surface area contributed by atoms with E-state index in [1.165, 1.54) is 18.2 Å². The lowest BCUT2D eigenvalue weighted by molar-refractivity contribution is 0.0682. The fourth-order valence-electron chi connectivity index (χ4n) is 2.83. The normalized spacial score (nSPS) is 10.3. The molecule has 0 bridgehead atoms. The minimum Gasteiger partial charge on any atom is -0.507 e. The van der Waals surface area contributed by atoms with E-state index in [0.717, 1.165) is 16.2 Å². The van der Waals surface area contributed by atoms with E-state index in [0.29, 0.717) is 5.39 Å². The number of aromatic carboxylic acids is 2. The van der Waals surface area contributed by atoms with Crippen molar-refractivity contribution in [2.75, 3.05) is 0 Å². The third kappa shape index (κ3) is 3.71. The molecule has 4 N–H and O–H groups in total. The summed E-state index contributed by atoms with van der Waals surface area (Å²) in [7, 11) is 0. The highest BCUT2D eigenvalue weighted by Crippen LogP contribution is 2.28. The molecular formula is C22H16O6. The summed E-state index contributed by atoms with van der Waals surface area (Å²) in [6, 6.07) is 20.4. The standard InChI is InChI=1S/2C11H8O3/c12-10-6-8-4-2-1-3-7(8)5-9(10)11(13)14;12-10-8-4-2-1-3-7(8)5-6-9(10)11(13)14/h2*1-6,12H,(H,13,14). The Balaban J connectivity index is 0.000000161. The zero-order chi connectivity index (χ0) is 20.3. The summed E-state index contributed by atoms with van der Waals surface area (Å²) < 4.78 is 0. The predicted octanol–water partition coefficient (Wildman–Crippen LogP) is 4.49. The summed E-state index contributed by atoms with van der Waals surface area (Å²) in [5.74, 6) is -2.60. The molecule has 4 rings (SSSR count). The van der Waals surface area contributed by atoms with Gasteiger partial charge in [0.2, 0.25) is 0 Å². The van der Waals surface area contributed by atoms with E-state index in [1.807, 2.05) is 30.3 Å². The molecule has 0 heterocycles. The van der Waals surface area contributed by atoms with Crippen LogP contribution in [0.3, 0.4) is 0 Å².